The number of hydrogen-bond donors (Lipinski definition) is 1. The zero-order valence-electron chi connectivity index (χ0n) is 18.6. The smallest absolute Gasteiger partial charge is 0.229 e. The number of rotatable bonds is 6. The average Bonchev–Trinajstić information content (AvgIpc) is 3.41. The lowest BCUT2D eigenvalue weighted by atomic mass is 10.1. The highest BCUT2D eigenvalue weighted by Crippen LogP contribution is 2.30. The molecule has 0 aliphatic carbocycles. The van der Waals surface area contributed by atoms with E-state index in [-0.39, 0.29) is 12.3 Å². The number of aryl methyl sites for hydroxylation is 2. The van der Waals surface area contributed by atoms with Crippen LogP contribution in [0.2, 0.25) is 5.02 Å². The molecule has 0 fully saturated rings. The van der Waals surface area contributed by atoms with Gasteiger partial charge in [-0.2, -0.15) is 5.10 Å². The predicted octanol–water partition coefficient (Wildman–Crippen LogP) is 5.07. The first-order valence-electron chi connectivity index (χ1n) is 10.6. The van der Waals surface area contributed by atoms with Gasteiger partial charge < -0.3 is 14.5 Å². The number of pyridine rings is 2. The average molecular weight is 473 g/mol. The van der Waals surface area contributed by atoms with Gasteiger partial charge in [0.15, 0.2) is 5.82 Å². The van der Waals surface area contributed by atoms with Crippen LogP contribution in [0.1, 0.15) is 11.1 Å². The van der Waals surface area contributed by atoms with Crippen molar-refractivity contribution in [2.75, 3.05) is 5.32 Å². The summed E-state index contributed by atoms with van der Waals surface area (Å²) in [6.45, 7) is 1.91. The van der Waals surface area contributed by atoms with E-state index in [4.69, 9.17) is 16.3 Å². The first kappa shape index (κ1) is 21.7. The minimum Gasteiger partial charge on any atom is -0.437 e. The van der Waals surface area contributed by atoms with E-state index in [1.807, 2.05) is 61.1 Å². The molecule has 0 radical (unpaired) electrons. The number of hydrogen-bond acceptors (Lipinski definition) is 5. The molecule has 0 aliphatic heterocycles. The Labute approximate surface area is 200 Å². The Bertz CT molecular complexity index is 1510. The SMILES string of the molecule is Cc1cccnc1Oc1ccc(CC(=O)Nc2cn3cc(-c4cnn(C)c4)ccc3n2)cc1Cl. The van der Waals surface area contributed by atoms with Crippen LogP contribution in [0.3, 0.4) is 0 Å². The zero-order valence-corrected chi connectivity index (χ0v) is 19.3. The van der Waals surface area contributed by atoms with Gasteiger partial charge in [0, 0.05) is 42.3 Å². The maximum absolute atomic E-state index is 12.6. The van der Waals surface area contributed by atoms with Gasteiger partial charge in [0.25, 0.3) is 0 Å². The van der Waals surface area contributed by atoms with E-state index in [2.05, 4.69) is 20.4 Å². The monoisotopic (exact) mass is 472 g/mol. The number of nitrogens with zero attached hydrogens (tertiary/aromatic N) is 5. The van der Waals surface area contributed by atoms with Crippen LogP contribution in [0.5, 0.6) is 11.6 Å². The van der Waals surface area contributed by atoms with Crippen LogP contribution in [0.4, 0.5) is 5.82 Å². The van der Waals surface area contributed by atoms with Gasteiger partial charge in [-0.1, -0.05) is 23.7 Å². The molecule has 4 aromatic heterocycles. The number of benzene rings is 1. The van der Waals surface area contributed by atoms with Gasteiger partial charge in [-0.3, -0.25) is 9.48 Å². The van der Waals surface area contributed by atoms with Crippen LogP contribution in [0, 0.1) is 6.92 Å². The number of ether oxygens (including phenoxy) is 1. The number of nitrogens with one attached hydrogen (secondary N) is 1. The second-order valence-electron chi connectivity index (χ2n) is 7.93. The van der Waals surface area contributed by atoms with Crippen molar-refractivity contribution in [3.05, 3.63) is 89.6 Å². The third-order valence-electron chi connectivity index (χ3n) is 5.29. The third kappa shape index (κ3) is 4.62. The predicted molar refractivity (Wildman–Crippen MR) is 130 cm³/mol. The maximum atomic E-state index is 12.6. The van der Waals surface area contributed by atoms with Gasteiger partial charge in [-0.25, -0.2) is 9.97 Å². The first-order valence-corrected chi connectivity index (χ1v) is 11.0. The fraction of sp³-hybridized carbons (Fsp3) is 0.120. The standard InChI is InChI=1S/C25H21ClN6O2/c1-16-4-3-9-27-25(16)34-21-7-5-17(10-20(21)26)11-24(33)30-22-15-32-14-18(6-8-23(32)29-22)19-12-28-31(2)13-19/h3-10,12-15H,11H2,1-2H3,(H,30,33). The number of carbonyl (C=O) groups is 1. The molecule has 0 unspecified atom stereocenters. The molecule has 170 valence electrons. The summed E-state index contributed by atoms with van der Waals surface area (Å²) in [6.07, 6.45) is 9.30. The van der Waals surface area contributed by atoms with Gasteiger partial charge in [-0.05, 0) is 42.8 Å². The second-order valence-corrected chi connectivity index (χ2v) is 8.34. The number of halogens is 1. The van der Waals surface area contributed by atoms with Crippen LogP contribution >= 0.6 is 11.6 Å². The Morgan fingerprint density at radius 3 is 2.76 bits per heavy atom. The molecule has 4 heterocycles. The number of imidazole rings is 1. The van der Waals surface area contributed by atoms with Crippen molar-refractivity contribution in [2.45, 2.75) is 13.3 Å². The summed E-state index contributed by atoms with van der Waals surface area (Å²) in [7, 11) is 1.88. The Hall–Kier alpha value is -4.17. The number of fused-ring (bicyclic) bond motifs is 1. The summed E-state index contributed by atoms with van der Waals surface area (Å²) >= 11 is 6.39. The van der Waals surface area contributed by atoms with Crippen molar-refractivity contribution >= 4 is 29.0 Å². The van der Waals surface area contributed by atoms with E-state index >= 15 is 0 Å². The minimum absolute atomic E-state index is 0.150. The van der Waals surface area contributed by atoms with Crippen molar-refractivity contribution in [1.29, 1.82) is 0 Å². The highest BCUT2D eigenvalue weighted by atomic mass is 35.5. The Balaban J connectivity index is 1.26. The molecular formula is C25H21ClN6O2. The van der Waals surface area contributed by atoms with Crippen LogP contribution in [-0.2, 0) is 18.3 Å². The largest absolute Gasteiger partial charge is 0.437 e. The van der Waals surface area contributed by atoms with Crippen LogP contribution in [0.25, 0.3) is 16.8 Å². The molecule has 0 saturated heterocycles. The first-order chi connectivity index (χ1) is 16.4. The Morgan fingerprint density at radius 2 is 2.00 bits per heavy atom. The van der Waals surface area contributed by atoms with Crippen molar-refractivity contribution in [3.63, 3.8) is 0 Å². The molecule has 9 heteroatoms. The minimum atomic E-state index is -0.193. The molecule has 5 aromatic rings. The van der Waals surface area contributed by atoms with E-state index < -0.39 is 0 Å². The molecule has 1 amide bonds. The molecule has 8 nitrogen and oxygen atoms in total. The molecule has 0 spiro atoms. The van der Waals surface area contributed by atoms with Crippen molar-refractivity contribution in [1.82, 2.24) is 24.1 Å². The maximum Gasteiger partial charge on any atom is 0.229 e. The second kappa shape index (κ2) is 8.99. The summed E-state index contributed by atoms with van der Waals surface area (Å²) in [5.74, 6) is 1.26. The lowest BCUT2D eigenvalue weighted by Crippen LogP contribution is -2.14. The number of carbonyl (C=O) groups excluding carboxylic acids is 1. The fourth-order valence-corrected chi connectivity index (χ4v) is 3.83. The summed E-state index contributed by atoms with van der Waals surface area (Å²) < 4.78 is 9.44. The highest BCUT2D eigenvalue weighted by molar-refractivity contribution is 6.32. The Kier molecular flexibility index (Phi) is 5.73. The van der Waals surface area contributed by atoms with Crippen LogP contribution < -0.4 is 10.1 Å². The lowest BCUT2D eigenvalue weighted by molar-refractivity contribution is -0.115. The van der Waals surface area contributed by atoms with Crippen molar-refractivity contribution in [3.8, 4) is 22.8 Å². The molecule has 0 saturated carbocycles. The fourth-order valence-electron chi connectivity index (χ4n) is 3.58. The summed E-state index contributed by atoms with van der Waals surface area (Å²) in [5.41, 5.74) is 4.41. The topological polar surface area (TPSA) is 86.3 Å². The molecule has 1 aromatic carbocycles. The zero-order chi connectivity index (χ0) is 23.7. The molecular weight excluding hydrogens is 452 g/mol. The van der Waals surface area contributed by atoms with Gasteiger partial charge in [0.2, 0.25) is 11.8 Å². The molecule has 0 aliphatic rings. The van der Waals surface area contributed by atoms with E-state index in [1.54, 1.807) is 35.4 Å². The van der Waals surface area contributed by atoms with Gasteiger partial charge >= 0.3 is 0 Å². The molecule has 0 bridgehead atoms. The van der Waals surface area contributed by atoms with E-state index in [0.717, 1.165) is 27.9 Å². The van der Waals surface area contributed by atoms with E-state index in [0.29, 0.717) is 22.5 Å². The molecule has 0 atom stereocenters. The van der Waals surface area contributed by atoms with Gasteiger partial charge in [-0.15, -0.1) is 0 Å². The summed E-state index contributed by atoms with van der Waals surface area (Å²) in [4.78, 5) is 21.3. The molecule has 1 N–H and O–H groups in total. The molecule has 5 rings (SSSR count). The number of aromatic nitrogens is 5. The van der Waals surface area contributed by atoms with E-state index in [1.165, 1.54) is 0 Å². The quantitative estimate of drug-likeness (QED) is 0.373. The normalized spacial score (nSPS) is 11.0. The van der Waals surface area contributed by atoms with Crippen LogP contribution in [-0.4, -0.2) is 30.1 Å². The molecule has 34 heavy (non-hydrogen) atoms. The number of anilines is 1. The third-order valence-corrected chi connectivity index (χ3v) is 5.58. The summed E-state index contributed by atoms with van der Waals surface area (Å²) in [5, 5.41) is 7.47. The summed E-state index contributed by atoms with van der Waals surface area (Å²) in [6, 6.07) is 12.9. The van der Waals surface area contributed by atoms with Gasteiger partial charge in [0.05, 0.1) is 23.8 Å². The van der Waals surface area contributed by atoms with Crippen LogP contribution in [0.15, 0.2) is 73.4 Å². The van der Waals surface area contributed by atoms with Crippen molar-refractivity contribution in [2.24, 2.45) is 7.05 Å². The number of amides is 1. The van der Waals surface area contributed by atoms with Crippen molar-refractivity contribution < 1.29 is 9.53 Å². The van der Waals surface area contributed by atoms with Gasteiger partial charge in [0.1, 0.15) is 11.4 Å². The highest BCUT2D eigenvalue weighted by Gasteiger charge is 2.12. The van der Waals surface area contributed by atoms with E-state index in [9.17, 15) is 4.79 Å². The Morgan fingerprint density at radius 1 is 1.12 bits per heavy atom. The lowest BCUT2D eigenvalue weighted by Gasteiger charge is -2.10.